The first-order valence-corrected chi connectivity index (χ1v) is 6.44. The zero-order chi connectivity index (χ0) is 14.5. The van der Waals surface area contributed by atoms with Crippen molar-refractivity contribution in [2.24, 2.45) is 0 Å². The molecule has 0 unspecified atom stereocenters. The predicted molar refractivity (Wildman–Crippen MR) is 70.9 cm³/mol. The van der Waals surface area contributed by atoms with Gasteiger partial charge in [0, 0.05) is 11.6 Å². The molecule has 7 heteroatoms. The Bertz CT molecular complexity index is 490. The second-order valence-corrected chi connectivity index (χ2v) is 4.70. The van der Waals surface area contributed by atoms with Crippen LogP contribution in [0.5, 0.6) is 5.75 Å². The molecule has 0 aliphatic carbocycles. The molecule has 0 aromatic heterocycles. The Morgan fingerprint density at radius 2 is 2.10 bits per heavy atom. The van der Waals surface area contributed by atoms with Crippen LogP contribution in [0.25, 0.3) is 0 Å². The summed E-state index contributed by atoms with van der Waals surface area (Å²) < 4.78 is 10.4. The monoisotopic (exact) mass is 299 g/mol. The van der Waals surface area contributed by atoms with E-state index in [1.807, 2.05) is 0 Å². The molecule has 0 radical (unpaired) electrons. The van der Waals surface area contributed by atoms with E-state index in [4.69, 9.17) is 26.2 Å². The Labute approximate surface area is 120 Å². The fourth-order valence-corrected chi connectivity index (χ4v) is 1.99. The molecular formula is C13H14ClNO5. The third-order valence-electron chi connectivity index (χ3n) is 2.91. The van der Waals surface area contributed by atoms with Gasteiger partial charge in [-0.25, -0.2) is 4.79 Å². The van der Waals surface area contributed by atoms with E-state index in [1.54, 1.807) is 24.3 Å². The molecule has 0 spiro atoms. The average Bonchev–Trinajstić information content (AvgIpc) is 2.46. The van der Waals surface area contributed by atoms with E-state index in [-0.39, 0.29) is 25.7 Å². The smallest absolute Gasteiger partial charge is 0.328 e. The summed E-state index contributed by atoms with van der Waals surface area (Å²) in [6, 6.07) is 5.63. The largest absolute Gasteiger partial charge is 0.484 e. The molecule has 20 heavy (non-hydrogen) atoms. The Morgan fingerprint density at radius 3 is 2.75 bits per heavy atom. The molecule has 1 heterocycles. The Morgan fingerprint density at radius 1 is 1.40 bits per heavy atom. The summed E-state index contributed by atoms with van der Waals surface area (Å²) in [4.78, 5) is 24.3. The number of ether oxygens (including phenoxy) is 2. The number of aliphatic carboxylic acids is 1. The molecule has 1 N–H and O–H groups in total. The maximum atomic E-state index is 12.0. The van der Waals surface area contributed by atoms with Gasteiger partial charge in [0.25, 0.3) is 5.91 Å². The van der Waals surface area contributed by atoms with Crippen LogP contribution in [0.15, 0.2) is 24.3 Å². The topological polar surface area (TPSA) is 76.1 Å². The van der Waals surface area contributed by atoms with Crippen LogP contribution in [0, 0.1) is 0 Å². The van der Waals surface area contributed by atoms with E-state index in [9.17, 15) is 9.59 Å². The van der Waals surface area contributed by atoms with Gasteiger partial charge in [-0.3, -0.25) is 4.79 Å². The number of rotatable bonds is 4. The lowest BCUT2D eigenvalue weighted by Gasteiger charge is -2.32. The number of hydrogen-bond acceptors (Lipinski definition) is 4. The molecule has 0 bridgehead atoms. The van der Waals surface area contributed by atoms with Crippen LogP contribution in [0.4, 0.5) is 0 Å². The highest BCUT2D eigenvalue weighted by Crippen LogP contribution is 2.16. The summed E-state index contributed by atoms with van der Waals surface area (Å²) in [6.45, 7) is 0.365. The lowest BCUT2D eigenvalue weighted by atomic mass is 10.2. The van der Waals surface area contributed by atoms with Crippen molar-refractivity contribution >= 4 is 23.5 Å². The van der Waals surface area contributed by atoms with Gasteiger partial charge in [-0.2, -0.15) is 0 Å². The number of morpholine rings is 1. The number of carboxylic acid groups (broad SMARTS) is 1. The summed E-state index contributed by atoms with van der Waals surface area (Å²) >= 11 is 5.74. The number of carbonyl (C=O) groups is 2. The Hall–Kier alpha value is -1.79. The number of nitrogens with zero attached hydrogens (tertiary/aromatic N) is 1. The highest BCUT2D eigenvalue weighted by molar-refractivity contribution is 6.30. The molecule has 1 atom stereocenters. The molecule has 1 aliphatic rings. The van der Waals surface area contributed by atoms with Crippen LogP contribution in [0.3, 0.4) is 0 Å². The van der Waals surface area contributed by atoms with Gasteiger partial charge in [0.15, 0.2) is 12.6 Å². The standard InChI is InChI=1S/C13H14ClNO5/c14-9-1-3-10(4-2-9)20-8-12(16)15-5-6-19-7-11(15)13(17)18/h1-4,11H,5-8H2,(H,17,18)/t11-/m1/s1. The van der Waals surface area contributed by atoms with Crippen LogP contribution in [0.2, 0.25) is 5.02 Å². The summed E-state index contributed by atoms with van der Waals surface area (Å²) in [5.41, 5.74) is 0. The summed E-state index contributed by atoms with van der Waals surface area (Å²) in [7, 11) is 0. The van der Waals surface area contributed by atoms with Gasteiger partial charge in [-0.1, -0.05) is 11.6 Å². The quantitative estimate of drug-likeness (QED) is 0.898. The fourth-order valence-electron chi connectivity index (χ4n) is 1.87. The fraction of sp³-hybridized carbons (Fsp3) is 0.385. The van der Waals surface area contributed by atoms with Gasteiger partial charge >= 0.3 is 5.97 Å². The normalized spacial score (nSPS) is 18.6. The minimum absolute atomic E-state index is 0.00200. The molecule has 2 rings (SSSR count). The number of carbonyl (C=O) groups excluding carboxylic acids is 1. The maximum Gasteiger partial charge on any atom is 0.328 e. The summed E-state index contributed by atoms with van der Waals surface area (Å²) in [5.74, 6) is -0.955. The van der Waals surface area contributed by atoms with Crippen LogP contribution < -0.4 is 4.74 Å². The van der Waals surface area contributed by atoms with Crippen molar-refractivity contribution in [1.82, 2.24) is 4.90 Å². The van der Waals surface area contributed by atoms with Crippen molar-refractivity contribution in [3.05, 3.63) is 29.3 Å². The molecule has 1 aliphatic heterocycles. The van der Waals surface area contributed by atoms with Crippen molar-refractivity contribution in [3.63, 3.8) is 0 Å². The van der Waals surface area contributed by atoms with E-state index >= 15 is 0 Å². The second-order valence-electron chi connectivity index (χ2n) is 4.26. The van der Waals surface area contributed by atoms with Crippen LogP contribution in [-0.2, 0) is 14.3 Å². The molecule has 0 saturated carbocycles. The third kappa shape index (κ3) is 3.61. The minimum Gasteiger partial charge on any atom is -0.484 e. The van der Waals surface area contributed by atoms with Crippen LogP contribution >= 0.6 is 11.6 Å². The minimum atomic E-state index is -1.08. The number of carboxylic acids is 1. The Kier molecular flexibility index (Phi) is 4.81. The van der Waals surface area contributed by atoms with Gasteiger partial charge in [-0.05, 0) is 24.3 Å². The molecule has 1 aromatic carbocycles. The van der Waals surface area contributed by atoms with E-state index in [2.05, 4.69) is 0 Å². The van der Waals surface area contributed by atoms with Gasteiger partial charge in [0.2, 0.25) is 0 Å². The number of halogens is 1. The SMILES string of the molecule is O=C(O)[C@H]1COCCN1C(=O)COc1ccc(Cl)cc1. The Balaban J connectivity index is 1.93. The molecular weight excluding hydrogens is 286 g/mol. The van der Waals surface area contributed by atoms with Crippen molar-refractivity contribution in [2.45, 2.75) is 6.04 Å². The molecule has 108 valence electrons. The number of hydrogen-bond donors (Lipinski definition) is 1. The molecule has 1 fully saturated rings. The van der Waals surface area contributed by atoms with Crippen molar-refractivity contribution in [3.8, 4) is 5.75 Å². The van der Waals surface area contributed by atoms with E-state index in [0.717, 1.165) is 0 Å². The zero-order valence-corrected chi connectivity index (χ0v) is 11.4. The van der Waals surface area contributed by atoms with Gasteiger partial charge < -0.3 is 19.5 Å². The van der Waals surface area contributed by atoms with E-state index in [0.29, 0.717) is 17.4 Å². The van der Waals surface area contributed by atoms with Gasteiger partial charge in [-0.15, -0.1) is 0 Å². The summed E-state index contributed by atoms with van der Waals surface area (Å²) in [6.07, 6.45) is 0. The molecule has 1 amide bonds. The third-order valence-corrected chi connectivity index (χ3v) is 3.16. The first-order chi connectivity index (χ1) is 9.58. The highest BCUT2D eigenvalue weighted by Gasteiger charge is 2.32. The van der Waals surface area contributed by atoms with Crippen LogP contribution in [0.1, 0.15) is 0 Å². The van der Waals surface area contributed by atoms with Gasteiger partial charge in [0.05, 0.1) is 13.2 Å². The van der Waals surface area contributed by atoms with Gasteiger partial charge in [0.1, 0.15) is 5.75 Å². The number of benzene rings is 1. The highest BCUT2D eigenvalue weighted by atomic mass is 35.5. The zero-order valence-electron chi connectivity index (χ0n) is 10.6. The first-order valence-electron chi connectivity index (χ1n) is 6.06. The van der Waals surface area contributed by atoms with Crippen molar-refractivity contribution < 1.29 is 24.2 Å². The van der Waals surface area contributed by atoms with Crippen LogP contribution in [-0.4, -0.2) is 54.3 Å². The summed E-state index contributed by atoms with van der Waals surface area (Å²) in [5, 5.41) is 9.62. The average molecular weight is 300 g/mol. The lowest BCUT2D eigenvalue weighted by Crippen LogP contribution is -2.53. The first kappa shape index (κ1) is 14.6. The van der Waals surface area contributed by atoms with E-state index in [1.165, 1.54) is 4.90 Å². The maximum absolute atomic E-state index is 12.0. The van der Waals surface area contributed by atoms with E-state index < -0.39 is 12.0 Å². The lowest BCUT2D eigenvalue weighted by molar-refractivity contribution is -0.159. The number of amides is 1. The molecule has 1 aromatic rings. The van der Waals surface area contributed by atoms with Crippen molar-refractivity contribution in [2.75, 3.05) is 26.4 Å². The second kappa shape index (κ2) is 6.58. The molecule has 6 nitrogen and oxygen atoms in total. The predicted octanol–water partition coefficient (Wildman–Crippen LogP) is 1.03. The van der Waals surface area contributed by atoms with Crippen molar-refractivity contribution in [1.29, 1.82) is 0 Å². The molecule has 1 saturated heterocycles.